The molecule has 166 valence electrons. The Morgan fingerprint density at radius 1 is 1.03 bits per heavy atom. The van der Waals surface area contributed by atoms with Crippen LogP contribution in [0, 0.1) is 18.3 Å². The Morgan fingerprint density at radius 2 is 1.76 bits per heavy atom. The Balaban J connectivity index is 1.76. The van der Waals surface area contributed by atoms with E-state index in [1.165, 1.54) is 22.7 Å². The molecular formula is C31H27N3. The van der Waals surface area contributed by atoms with Gasteiger partial charge >= 0.3 is 0 Å². The molecule has 3 nitrogen and oxygen atoms in total. The highest BCUT2D eigenvalue weighted by Crippen LogP contribution is 2.33. The number of nitrogens with two attached hydrogens (primary N) is 1. The van der Waals surface area contributed by atoms with E-state index in [-0.39, 0.29) is 0 Å². The number of hydrogen-bond acceptors (Lipinski definition) is 2. The minimum absolute atomic E-state index is 0.565. The minimum atomic E-state index is 0.565. The lowest BCUT2D eigenvalue weighted by Crippen LogP contribution is -1.96. The molecule has 3 aromatic carbocycles. The predicted molar refractivity (Wildman–Crippen MR) is 143 cm³/mol. The van der Waals surface area contributed by atoms with Crippen LogP contribution in [0.1, 0.15) is 16.8 Å². The molecule has 0 unspecified atom stereocenters. The molecular weight excluding hydrogens is 414 g/mol. The third-order valence-corrected chi connectivity index (χ3v) is 5.92. The van der Waals surface area contributed by atoms with Gasteiger partial charge < -0.3 is 10.3 Å². The molecule has 0 saturated heterocycles. The van der Waals surface area contributed by atoms with E-state index in [1.807, 2.05) is 18.2 Å². The van der Waals surface area contributed by atoms with Gasteiger partial charge in [0.05, 0.1) is 11.6 Å². The highest BCUT2D eigenvalue weighted by molar-refractivity contribution is 5.93. The second-order valence-corrected chi connectivity index (χ2v) is 8.04. The lowest BCUT2D eigenvalue weighted by atomic mass is 10.0. The Kier molecular flexibility index (Phi) is 6.91. The Bertz CT molecular complexity index is 1440. The van der Waals surface area contributed by atoms with Crippen molar-refractivity contribution in [2.24, 2.45) is 5.73 Å². The highest BCUT2D eigenvalue weighted by Gasteiger charge is 2.14. The Morgan fingerprint density at radius 3 is 2.44 bits per heavy atom. The summed E-state index contributed by atoms with van der Waals surface area (Å²) >= 11 is 0. The molecule has 4 aromatic rings. The van der Waals surface area contributed by atoms with Crippen molar-refractivity contribution in [3.8, 4) is 22.9 Å². The summed E-state index contributed by atoms with van der Waals surface area (Å²) in [6, 6.07) is 27.7. The van der Waals surface area contributed by atoms with Crippen molar-refractivity contribution in [2.45, 2.75) is 13.3 Å². The number of allylic oxidation sites excluding steroid dienone is 5. The molecule has 0 aliphatic rings. The fourth-order valence-electron chi connectivity index (χ4n) is 4.18. The molecule has 1 heterocycles. The number of hydrogen-bond donors (Lipinski definition) is 1. The van der Waals surface area contributed by atoms with Gasteiger partial charge in [0, 0.05) is 22.3 Å². The van der Waals surface area contributed by atoms with E-state index in [0.717, 1.165) is 28.1 Å². The monoisotopic (exact) mass is 441 g/mol. The summed E-state index contributed by atoms with van der Waals surface area (Å²) < 4.78 is 2.31. The molecule has 4 rings (SSSR count). The average Bonchev–Trinajstić information content (AvgIpc) is 3.16. The maximum atomic E-state index is 9.15. The Hall–Kier alpha value is -4.55. The summed E-state index contributed by atoms with van der Waals surface area (Å²) in [5.74, 6) is 0. The molecule has 3 heteroatoms. The predicted octanol–water partition coefficient (Wildman–Crippen LogP) is 7.27. The van der Waals surface area contributed by atoms with Crippen LogP contribution in [0.25, 0.3) is 33.8 Å². The largest absolute Gasteiger partial charge is 0.405 e. The fraction of sp³-hybridized carbons (Fsp3) is 0.0645. The lowest BCUT2D eigenvalue weighted by Gasteiger charge is -2.10. The van der Waals surface area contributed by atoms with Crippen LogP contribution in [0.5, 0.6) is 0 Å². The van der Waals surface area contributed by atoms with Gasteiger partial charge in [-0.25, -0.2) is 0 Å². The first-order valence-corrected chi connectivity index (χ1v) is 11.2. The molecule has 0 aliphatic carbocycles. The highest BCUT2D eigenvalue weighted by atomic mass is 15.0. The number of fused-ring (bicyclic) bond motifs is 1. The third kappa shape index (κ3) is 4.62. The van der Waals surface area contributed by atoms with Crippen LogP contribution >= 0.6 is 0 Å². The lowest BCUT2D eigenvalue weighted by molar-refractivity contribution is 1.10. The zero-order valence-corrected chi connectivity index (χ0v) is 19.3. The molecule has 0 aliphatic heterocycles. The molecule has 34 heavy (non-hydrogen) atoms. The van der Waals surface area contributed by atoms with E-state index in [9.17, 15) is 0 Å². The second-order valence-electron chi connectivity index (χ2n) is 8.04. The van der Waals surface area contributed by atoms with Crippen LogP contribution < -0.4 is 5.73 Å². The van der Waals surface area contributed by atoms with Crippen molar-refractivity contribution in [1.82, 2.24) is 4.57 Å². The molecule has 0 fully saturated rings. The molecule has 0 spiro atoms. The quantitative estimate of drug-likeness (QED) is 0.242. The van der Waals surface area contributed by atoms with Gasteiger partial charge in [0.1, 0.15) is 0 Å². The van der Waals surface area contributed by atoms with E-state index in [1.54, 1.807) is 12.2 Å². The first kappa shape index (κ1) is 22.6. The number of benzene rings is 3. The normalized spacial score (nSPS) is 11.9. The summed E-state index contributed by atoms with van der Waals surface area (Å²) in [5, 5.41) is 10.4. The molecule has 0 bridgehead atoms. The van der Waals surface area contributed by atoms with E-state index in [2.05, 4.69) is 96.9 Å². The summed E-state index contributed by atoms with van der Waals surface area (Å²) in [5.41, 5.74) is 14.1. The minimum Gasteiger partial charge on any atom is -0.405 e. The summed E-state index contributed by atoms with van der Waals surface area (Å²) in [7, 11) is 0. The molecule has 0 radical (unpaired) electrons. The van der Waals surface area contributed by atoms with Crippen LogP contribution in [0.15, 0.2) is 115 Å². The molecule has 0 saturated carbocycles. The van der Waals surface area contributed by atoms with E-state index >= 15 is 0 Å². The third-order valence-electron chi connectivity index (χ3n) is 5.92. The number of nitrogens with zero attached hydrogens (tertiary/aromatic N) is 2. The maximum absolute atomic E-state index is 9.15. The van der Waals surface area contributed by atoms with Crippen molar-refractivity contribution in [3.63, 3.8) is 0 Å². The standard InChI is InChI=1S/C31H27N3/c1-3-4-10-30-23(2)29-18-17-27(21-31(29)34(30)28-8-6-5-7-9-28)26-15-13-24(14-16-26)11-12-25(22-33)19-20-32/h3-10,12-21H,1,11,32H2,2H3/b10-4-,20-19-,25-12+. The zero-order valence-electron chi connectivity index (χ0n) is 19.3. The van der Waals surface area contributed by atoms with Crippen LogP contribution in [0.2, 0.25) is 0 Å². The molecule has 2 N–H and O–H groups in total. The summed E-state index contributed by atoms with van der Waals surface area (Å²) in [6.07, 6.45) is 11.5. The summed E-state index contributed by atoms with van der Waals surface area (Å²) in [6.45, 7) is 6.00. The van der Waals surface area contributed by atoms with Crippen molar-refractivity contribution < 1.29 is 0 Å². The smallest absolute Gasteiger partial charge is 0.0988 e. The number of rotatable bonds is 7. The van der Waals surface area contributed by atoms with Crippen LogP contribution in [-0.2, 0) is 6.42 Å². The van der Waals surface area contributed by atoms with E-state index in [4.69, 9.17) is 11.0 Å². The Labute approximate surface area is 201 Å². The van der Waals surface area contributed by atoms with Gasteiger partial charge in [-0.3, -0.25) is 0 Å². The zero-order chi connectivity index (χ0) is 23.9. The first-order chi connectivity index (χ1) is 16.7. The van der Waals surface area contributed by atoms with Gasteiger partial charge in [-0.2, -0.15) is 5.26 Å². The van der Waals surface area contributed by atoms with Crippen molar-refractivity contribution >= 4 is 17.0 Å². The van der Waals surface area contributed by atoms with Crippen LogP contribution in [0.3, 0.4) is 0 Å². The van der Waals surface area contributed by atoms with E-state index in [0.29, 0.717) is 12.0 Å². The average molecular weight is 442 g/mol. The van der Waals surface area contributed by atoms with Crippen LogP contribution in [-0.4, -0.2) is 4.57 Å². The topological polar surface area (TPSA) is 54.7 Å². The van der Waals surface area contributed by atoms with Gasteiger partial charge in [-0.15, -0.1) is 0 Å². The number of aromatic nitrogens is 1. The van der Waals surface area contributed by atoms with Crippen molar-refractivity contribution in [1.29, 1.82) is 5.26 Å². The van der Waals surface area contributed by atoms with Gasteiger partial charge in [-0.05, 0) is 72.1 Å². The van der Waals surface area contributed by atoms with Gasteiger partial charge in [0.15, 0.2) is 0 Å². The second kappa shape index (κ2) is 10.4. The fourth-order valence-corrected chi connectivity index (χ4v) is 4.18. The SMILES string of the molecule is C=C/C=C\c1c(C)c2ccc(-c3ccc(C/C=C(C#N)\C=C/N)cc3)cc2n1-c1ccccc1. The molecule has 0 amide bonds. The number of nitriles is 1. The maximum Gasteiger partial charge on any atom is 0.0988 e. The number of aryl methyl sites for hydroxylation is 1. The first-order valence-electron chi connectivity index (χ1n) is 11.2. The van der Waals surface area contributed by atoms with Crippen molar-refractivity contribution in [2.75, 3.05) is 0 Å². The summed E-state index contributed by atoms with van der Waals surface area (Å²) in [4.78, 5) is 0. The molecule has 0 atom stereocenters. The van der Waals surface area contributed by atoms with Crippen LogP contribution in [0.4, 0.5) is 0 Å². The van der Waals surface area contributed by atoms with E-state index < -0.39 is 0 Å². The van der Waals surface area contributed by atoms with Gasteiger partial charge in [-0.1, -0.05) is 79.4 Å². The number of para-hydroxylation sites is 1. The molecule has 1 aromatic heterocycles. The van der Waals surface area contributed by atoms with Crippen molar-refractivity contribution in [3.05, 3.63) is 132 Å². The van der Waals surface area contributed by atoms with Gasteiger partial charge in [0.25, 0.3) is 0 Å². The van der Waals surface area contributed by atoms with Gasteiger partial charge in [0.2, 0.25) is 0 Å².